The van der Waals surface area contributed by atoms with Crippen LogP contribution >= 0.6 is 24.4 Å². The van der Waals surface area contributed by atoms with E-state index in [-0.39, 0.29) is 18.0 Å². The van der Waals surface area contributed by atoms with Crippen LogP contribution in [0.5, 0.6) is 23.0 Å². The maximum absolute atomic E-state index is 13.0. The summed E-state index contributed by atoms with van der Waals surface area (Å²) in [5.74, 6) is 1.54. The number of ketones is 2. The molecule has 0 radical (unpaired) electrons. The second-order valence-corrected chi connectivity index (χ2v) is 8.60. The van der Waals surface area contributed by atoms with Crippen molar-refractivity contribution in [1.29, 1.82) is 0 Å². The topological polar surface area (TPSA) is 95.1 Å². The van der Waals surface area contributed by atoms with E-state index in [4.69, 9.17) is 43.4 Å². The van der Waals surface area contributed by atoms with E-state index >= 15 is 0 Å². The van der Waals surface area contributed by atoms with Gasteiger partial charge in [0, 0.05) is 6.42 Å². The van der Waals surface area contributed by atoms with Crippen molar-refractivity contribution in [3.8, 4) is 23.0 Å². The van der Waals surface area contributed by atoms with Gasteiger partial charge >= 0.3 is 0 Å². The number of hydrogen-bond acceptors (Lipinski definition) is 8. The number of ether oxygens (including phenoxy) is 4. The number of Topliss-reactive ketones (excluding diaryl/α,β-unsaturated/α-hetero) is 2. The zero-order chi connectivity index (χ0) is 26.1. The summed E-state index contributed by atoms with van der Waals surface area (Å²) in [4.78, 5) is 26.7. The third-order valence-corrected chi connectivity index (χ3v) is 5.73. The molecule has 188 valence electrons. The largest absolute Gasteiger partial charge is 0.497 e. The Kier molecular flexibility index (Phi) is 10.4. The second kappa shape index (κ2) is 13.0. The number of rotatable bonds is 12. The summed E-state index contributed by atoms with van der Waals surface area (Å²) in [6, 6.07) is 8.75. The molecule has 0 saturated heterocycles. The van der Waals surface area contributed by atoms with E-state index in [0.29, 0.717) is 44.1 Å². The van der Waals surface area contributed by atoms with Crippen LogP contribution in [-0.4, -0.2) is 62.1 Å². The van der Waals surface area contributed by atoms with Gasteiger partial charge in [0.25, 0.3) is 0 Å². The fourth-order valence-corrected chi connectivity index (χ4v) is 4.08. The van der Waals surface area contributed by atoms with Crippen LogP contribution in [0, 0.1) is 0 Å². The van der Waals surface area contributed by atoms with Crippen LogP contribution in [0.3, 0.4) is 0 Å². The molecule has 0 aliphatic carbocycles. The molecule has 0 heterocycles. The molecule has 8 nitrogen and oxygen atoms in total. The first-order valence-corrected chi connectivity index (χ1v) is 11.6. The molecule has 0 aromatic heterocycles. The highest BCUT2D eigenvalue weighted by molar-refractivity contribution is 7.82. The highest BCUT2D eigenvalue weighted by atomic mass is 32.1. The molecule has 2 rings (SSSR count). The van der Waals surface area contributed by atoms with Crippen molar-refractivity contribution >= 4 is 46.0 Å². The van der Waals surface area contributed by atoms with Crippen LogP contribution in [0.15, 0.2) is 36.4 Å². The number of benzene rings is 2. The van der Waals surface area contributed by atoms with E-state index in [1.54, 1.807) is 50.2 Å². The first-order chi connectivity index (χ1) is 16.6. The van der Waals surface area contributed by atoms with Crippen LogP contribution in [0.4, 0.5) is 0 Å². The average molecular weight is 519 g/mol. The fourth-order valence-electron chi connectivity index (χ4n) is 3.34. The summed E-state index contributed by atoms with van der Waals surface area (Å²) in [6.45, 7) is 3.40. The third-order valence-electron chi connectivity index (χ3n) is 5.21. The predicted octanol–water partition coefficient (Wildman–Crippen LogP) is 3.79. The normalized spacial score (nSPS) is 12.1. The van der Waals surface area contributed by atoms with Gasteiger partial charge < -0.3 is 29.6 Å². The lowest BCUT2D eigenvalue weighted by molar-refractivity contribution is 0.0950. The maximum atomic E-state index is 13.0. The predicted molar refractivity (Wildman–Crippen MR) is 143 cm³/mol. The number of carbonyl (C=O) groups excluding carboxylic acids is 2. The lowest BCUT2D eigenvalue weighted by Gasteiger charge is -2.19. The smallest absolute Gasteiger partial charge is 0.188 e. The first kappa shape index (κ1) is 28.0. The fraction of sp³-hybridized carbons (Fsp3) is 0.360. The van der Waals surface area contributed by atoms with Gasteiger partial charge in [-0.3, -0.25) is 9.59 Å². The molecule has 0 bridgehead atoms. The van der Waals surface area contributed by atoms with Crippen LogP contribution in [0.2, 0.25) is 0 Å². The van der Waals surface area contributed by atoms with E-state index < -0.39 is 12.1 Å². The standard InChI is InChI=1S/C25H30N2O6S2/c1-14(24(28)18-11-16(30-3)7-9-20(18)32-5)26-22(34)13-23(35)27-15(2)25(29)19-12-17(31-4)8-10-21(19)33-6/h7-12,14-15H,13H2,1-6H3,(H,26,34)(H,27,35). The van der Waals surface area contributed by atoms with Gasteiger partial charge in [0.05, 0.1) is 61.6 Å². The summed E-state index contributed by atoms with van der Waals surface area (Å²) < 4.78 is 21.0. The molecule has 0 spiro atoms. The van der Waals surface area contributed by atoms with E-state index in [2.05, 4.69) is 10.6 Å². The Hall–Kier alpha value is -3.24. The van der Waals surface area contributed by atoms with Gasteiger partial charge in [-0.2, -0.15) is 0 Å². The summed E-state index contributed by atoms with van der Waals surface area (Å²) in [5, 5.41) is 6.00. The minimum atomic E-state index is -0.633. The minimum absolute atomic E-state index is 0.171. The Morgan fingerprint density at radius 1 is 0.714 bits per heavy atom. The molecule has 0 amide bonds. The molecule has 2 aromatic carbocycles. The highest BCUT2D eigenvalue weighted by Gasteiger charge is 2.23. The number of carbonyl (C=O) groups is 2. The Bertz CT molecular complexity index is 1020. The molecule has 2 N–H and O–H groups in total. The second-order valence-electron chi connectivity index (χ2n) is 7.62. The van der Waals surface area contributed by atoms with E-state index in [1.165, 1.54) is 28.4 Å². The Balaban J connectivity index is 2.00. The maximum Gasteiger partial charge on any atom is 0.188 e. The van der Waals surface area contributed by atoms with Gasteiger partial charge in [-0.25, -0.2) is 0 Å². The molecule has 2 aromatic rings. The number of thiocarbonyl (C=S) groups is 2. The lowest BCUT2D eigenvalue weighted by Crippen LogP contribution is -2.42. The molecule has 0 aliphatic heterocycles. The van der Waals surface area contributed by atoms with Crippen LogP contribution in [0.25, 0.3) is 0 Å². The molecule has 2 atom stereocenters. The molecule has 2 unspecified atom stereocenters. The van der Waals surface area contributed by atoms with E-state index in [9.17, 15) is 9.59 Å². The number of nitrogens with one attached hydrogen (secondary N) is 2. The lowest BCUT2D eigenvalue weighted by atomic mass is 10.0. The van der Waals surface area contributed by atoms with Crippen molar-refractivity contribution < 1.29 is 28.5 Å². The van der Waals surface area contributed by atoms with Gasteiger partial charge in [0.15, 0.2) is 11.6 Å². The first-order valence-electron chi connectivity index (χ1n) is 10.8. The zero-order valence-corrected chi connectivity index (χ0v) is 22.2. The SMILES string of the molecule is COc1ccc(OC)c(C(=O)C(C)NC(=S)CC(=S)NC(C)C(=O)c2cc(OC)ccc2OC)c1. The third kappa shape index (κ3) is 7.37. The van der Waals surface area contributed by atoms with Gasteiger partial charge in [-0.15, -0.1) is 0 Å². The van der Waals surface area contributed by atoms with Gasteiger partial charge in [-0.1, -0.05) is 24.4 Å². The summed E-state index contributed by atoms with van der Waals surface area (Å²) in [7, 11) is 6.04. The van der Waals surface area contributed by atoms with Gasteiger partial charge in [0.1, 0.15) is 23.0 Å². The number of methoxy groups -OCH3 is 4. The summed E-state index contributed by atoms with van der Waals surface area (Å²) >= 11 is 10.8. The van der Waals surface area contributed by atoms with Crippen LogP contribution in [-0.2, 0) is 0 Å². The van der Waals surface area contributed by atoms with Gasteiger partial charge in [0.2, 0.25) is 0 Å². The molecule has 10 heteroatoms. The van der Waals surface area contributed by atoms with Crippen molar-refractivity contribution in [2.45, 2.75) is 32.4 Å². The Labute approximate surface area is 216 Å². The van der Waals surface area contributed by atoms with Crippen LogP contribution in [0.1, 0.15) is 41.0 Å². The van der Waals surface area contributed by atoms with Crippen molar-refractivity contribution in [3.63, 3.8) is 0 Å². The van der Waals surface area contributed by atoms with Crippen molar-refractivity contribution in [3.05, 3.63) is 47.5 Å². The Morgan fingerprint density at radius 3 is 1.40 bits per heavy atom. The highest BCUT2D eigenvalue weighted by Crippen LogP contribution is 2.26. The summed E-state index contributed by atoms with van der Waals surface area (Å²) in [5.41, 5.74) is 0.753. The monoisotopic (exact) mass is 518 g/mol. The van der Waals surface area contributed by atoms with E-state index in [1.807, 2.05) is 0 Å². The van der Waals surface area contributed by atoms with Crippen molar-refractivity contribution in [1.82, 2.24) is 10.6 Å². The van der Waals surface area contributed by atoms with Crippen molar-refractivity contribution in [2.75, 3.05) is 28.4 Å². The molecule has 0 fully saturated rings. The average Bonchev–Trinajstić information content (AvgIpc) is 2.86. The molecule has 0 saturated carbocycles. The molecular weight excluding hydrogens is 488 g/mol. The summed E-state index contributed by atoms with van der Waals surface area (Å²) in [6.07, 6.45) is 0.171. The quantitative estimate of drug-likeness (QED) is 0.319. The van der Waals surface area contributed by atoms with Crippen LogP contribution < -0.4 is 29.6 Å². The molecule has 35 heavy (non-hydrogen) atoms. The minimum Gasteiger partial charge on any atom is -0.497 e. The van der Waals surface area contributed by atoms with Gasteiger partial charge in [-0.05, 0) is 50.2 Å². The Morgan fingerprint density at radius 2 is 1.09 bits per heavy atom. The van der Waals surface area contributed by atoms with E-state index in [0.717, 1.165) is 0 Å². The zero-order valence-electron chi connectivity index (χ0n) is 20.6. The molecular formula is C25H30N2O6S2. The molecule has 0 aliphatic rings. The van der Waals surface area contributed by atoms with Crippen molar-refractivity contribution in [2.24, 2.45) is 0 Å². The number of hydrogen-bond donors (Lipinski definition) is 2.